The smallest absolute Gasteiger partial charge is 0.126 e. The molecule has 0 amide bonds. The molecule has 4 N–H and O–H groups in total. The van der Waals surface area contributed by atoms with Crippen molar-refractivity contribution >= 4 is 0 Å². The van der Waals surface area contributed by atoms with Crippen molar-refractivity contribution in [1.82, 2.24) is 9.97 Å². The van der Waals surface area contributed by atoms with Gasteiger partial charge < -0.3 is 15.8 Å². The summed E-state index contributed by atoms with van der Waals surface area (Å²) in [5, 5.41) is 9.24. The topological polar surface area (TPSA) is 74.9 Å². The third-order valence-electron chi connectivity index (χ3n) is 3.47. The van der Waals surface area contributed by atoms with E-state index in [0.29, 0.717) is 0 Å². The van der Waals surface area contributed by atoms with Crippen LogP contribution in [0.15, 0.2) is 30.5 Å². The lowest BCUT2D eigenvalue weighted by atomic mass is 9.77. The van der Waals surface area contributed by atoms with Gasteiger partial charge in [0.2, 0.25) is 0 Å². The molecule has 0 aliphatic heterocycles. The number of nitrogens with one attached hydrogen (secondary N) is 1. The zero-order valence-electron chi connectivity index (χ0n) is 9.48. The number of phenolic OH excluding ortho intramolecular Hbond substituents is 1. The predicted molar refractivity (Wildman–Crippen MR) is 65.4 cm³/mol. The maximum Gasteiger partial charge on any atom is 0.126 e. The highest BCUT2D eigenvalue weighted by Crippen LogP contribution is 2.37. The maximum atomic E-state index is 9.24. The summed E-state index contributed by atoms with van der Waals surface area (Å²) < 4.78 is 0. The first-order valence-electron chi connectivity index (χ1n) is 5.81. The minimum atomic E-state index is -0.255. The fourth-order valence-corrected chi connectivity index (χ4v) is 2.16. The quantitative estimate of drug-likeness (QED) is 0.738. The number of nitrogens with two attached hydrogens (primary N) is 1. The molecule has 4 heteroatoms. The molecule has 0 saturated heterocycles. The van der Waals surface area contributed by atoms with Gasteiger partial charge in [0.15, 0.2) is 0 Å². The van der Waals surface area contributed by atoms with Crippen LogP contribution in [0.2, 0.25) is 0 Å². The Balaban J connectivity index is 1.92. The van der Waals surface area contributed by atoms with E-state index in [1.54, 1.807) is 18.3 Å². The van der Waals surface area contributed by atoms with Crippen molar-refractivity contribution in [2.24, 2.45) is 5.73 Å². The SMILES string of the molecule is NC1(c2ncc(-c3ccc(O)cc3)[nH]2)CCC1. The van der Waals surface area contributed by atoms with Crippen LogP contribution < -0.4 is 5.73 Å². The summed E-state index contributed by atoms with van der Waals surface area (Å²) in [5.41, 5.74) is 7.90. The molecule has 0 atom stereocenters. The van der Waals surface area contributed by atoms with Crippen molar-refractivity contribution in [3.05, 3.63) is 36.3 Å². The van der Waals surface area contributed by atoms with Gasteiger partial charge in [0.1, 0.15) is 11.6 Å². The number of nitrogens with zero attached hydrogens (tertiary/aromatic N) is 1. The van der Waals surface area contributed by atoms with Crippen LogP contribution in [0, 0.1) is 0 Å². The van der Waals surface area contributed by atoms with Gasteiger partial charge in [-0.2, -0.15) is 0 Å². The van der Waals surface area contributed by atoms with Gasteiger partial charge in [-0.05, 0) is 49.1 Å². The second-order valence-corrected chi connectivity index (χ2v) is 4.70. The van der Waals surface area contributed by atoms with Gasteiger partial charge in [-0.15, -0.1) is 0 Å². The average Bonchev–Trinajstić information content (AvgIpc) is 2.76. The van der Waals surface area contributed by atoms with Crippen molar-refractivity contribution in [3.63, 3.8) is 0 Å². The normalized spacial score (nSPS) is 17.7. The zero-order valence-corrected chi connectivity index (χ0v) is 9.48. The summed E-state index contributed by atoms with van der Waals surface area (Å²) in [4.78, 5) is 7.64. The summed E-state index contributed by atoms with van der Waals surface area (Å²) in [5.74, 6) is 1.13. The highest BCUT2D eigenvalue weighted by Gasteiger charge is 2.37. The zero-order chi connectivity index (χ0) is 11.9. The van der Waals surface area contributed by atoms with Crippen LogP contribution in [0.3, 0.4) is 0 Å². The lowest BCUT2D eigenvalue weighted by Gasteiger charge is -2.35. The van der Waals surface area contributed by atoms with Gasteiger partial charge in [-0.1, -0.05) is 0 Å². The van der Waals surface area contributed by atoms with Gasteiger partial charge in [-0.3, -0.25) is 0 Å². The Morgan fingerprint density at radius 3 is 2.53 bits per heavy atom. The van der Waals surface area contributed by atoms with Crippen LogP contribution in [0.25, 0.3) is 11.3 Å². The molecule has 0 spiro atoms. The van der Waals surface area contributed by atoms with Gasteiger partial charge in [0.05, 0.1) is 17.4 Å². The molecule has 1 aliphatic carbocycles. The van der Waals surface area contributed by atoms with Crippen molar-refractivity contribution in [2.75, 3.05) is 0 Å². The minimum absolute atomic E-state index is 0.255. The molecule has 0 unspecified atom stereocenters. The Hall–Kier alpha value is -1.81. The van der Waals surface area contributed by atoms with Crippen molar-refractivity contribution < 1.29 is 5.11 Å². The fourth-order valence-electron chi connectivity index (χ4n) is 2.16. The van der Waals surface area contributed by atoms with Gasteiger partial charge in [0.25, 0.3) is 0 Å². The third kappa shape index (κ3) is 1.70. The van der Waals surface area contributed by atoms with Crippen LogP contribution in [0.4, 0.5) is 0 Å². The number of phenols is 1. The Morgan fingerprint density at radius 2 is 1.94 bits per heavy atom. The molecule has 1 heterocycles. The van der Waals surface area contributed by atoms with Gasteiger partial charge in [0, 0.05) is 0 Å². The Bertz CT molecular complexity index is 526. The molecule has 88 valence electrons. The van der Waals surface area contributed by atoms with Crippen molar-refractivity contribution in [1.29, 1.82) is 0 Å². The molecule has 1 aromatic carbocycles. The molecule has 1 fully saturated rings. The predicted octanol–water partition coefficient (Wildman–Crippen LogP) is 2.12. The first kappa shape index (κ1) is 10.4. The van der Waals surface area contributed by atoms with Crippen LogP contribution in [0.1, 0.15) is 25.1 Å². The number of benzene rings is 1. The molecular formula is C13H15N3O. The summed E-state index contributed by atoms with van der Waals surface area (Å²) in [6.07, 6.45) is 4.96. The van der Waals surface area contributed by atoms with E-state index in [2.05, 4.69) is 9.97 Å². The van der Waals surface area contributed by atoms with E-state index in [0.717, 1.165) is 29.9 Å². The lowest BCUT2D eigenvalue weighted by Crippen LogP contribution is -2.44. The summed E-state index contributed by atoms with van der Waals surface area (Å²) >= 11 is 0. The number of aromatic nitrogens is 2. The average molecular weight is 229 g/mol. The number of aromatic hydroxyl groups is 1. The molecule has 1 aromatic heterocycles. The standard InChI is InChI=1S/C13H15N3O/c14-13(6-1-7-13)12-15-8-11(16-12)9-2-4-10(17)5-3-9/h2-5,8,17H,1,6-7,14H2,(H,15,16). The molecule has 3 rings (SSSR count). The van der Waals surface area contributed by atoms with E-state index in [-0.39, 0.29) is 11.3 Å². The van der Waals surface area contributed by atoms with Crippen molar-refractivity contribution in [3.8, 4) is 17.0 Å². The number of H-pyrrole nitrogens is 1. The molecule has 1 saturated carbocycles. The van der Waals surface area contributed by atoms with E-state index < -0.39 is 0 Å². The number of hydrogen-bond acceptors (Lipinski definition) is 3. The van der Waals surface area contributed by atoms with Crippen LogP contribution in [0.5, 0.6) is 5.75 Å². The largest absolute Gasteiger partial charge is 0.508 e. The lowest BCUT2D eigenvalue weighted by molar-refractivity contribution is 0.240. The molecule has 0 bridgehead atoms. The van der Waals surface area contributed by atoms with E-state index in [1.807, 2.05) is 12.1 Å². The number of aromatic amines is 1. The van der Waals surface area contributed by atoms with Gasteiger partial charge >= 0.3 is 0 Å². The minimum Gasteiger partial charge on any atom is -0.508 e. The van der Waals surface area contributed by atoms with Gasteiger partial charge in [-0.25, -0.2) is 4.98 Å². The van der Waals surface area contributed by atoms with Crippen LogP contribution >= 0.6 is 0 Å². The Morgan fingerprint density at radius 1 is 1.24 bits per heavy atom. The first-order chi connectivity index (χ1) is 8.17. The molecule has 4 nitrogen and oxygen atoms in total. The van der Waals surface area contributed by atoms with Crippen LogP contribution in [-0.2, 0) is 5.54 Å². The number of hydrogen-bond donors (Lipinski definition) is 3. The van der Waals surface area contributed by atoms with Crippen LogP contribution in [-0.4, -0.2) is 15.1 Å². The Labute approximate surface area is 99.5 Å². The third-order valence-corrected chi connectivity index (χ3v) is 3.47. The van der Waals surface area contributed by atoms with E-state index >= 15 is 0 Å². The second-order valence-electron chi connectivity index (χ2n) is 4.70. The molecule has 0 radical (unpaired) electrons. The van der Waals surface area contributed by atoms with E-state index in [1.165, 1.54) is 6.42 Å². The number of imidazole rings is 1. The van der Waals surface area contributed by atoms with Crippen molar-refractivity contribution in [2.45, 2.75) is 24.8 Å². The summed E-state index contributed by atoms with van der Waals surface area (Å²) in [6.45, 7) is 0. The first-order valence-corrected chi connectivity index (χ1v) is 5.81. The fraction of sp³-hybridized carbons (Fsp3) is 0.308. The van der Waals surface area contributed by atoms with E-state index in [9.17, 15) is 5.11 Å². The molecular weight excluding hydrogens is 214 g/mol. The van der Waals surface area contributed by atoms with E-state index in [4.69, 9.17) is 5.73 Å². The summed E-state index contributed by atoms with van der Waals surface area (Å²) in [6, 6.07) is 7.04. The second kappa shape index (κ2) is 3.60. The molecule has 17 heavy (non-hydrogen) atoms. The monoisotopic (exact) mass is 229 g/mol. The highest BCUT2D eigenvalue weighted by atomic mass is 16.3. The molecule has 1 aliphatic rings. The molecule has 2 aromatic rings. The Kier molecular flexibility index (Phi) is 2.19. The summed E-state index contributed by atoms with van der Waals surface area (Å²) in [7, 11) is 0. The maximum absolute atomic E-state index is 9.24. The number of rotatable bonds is 2. The highest BCUT2D eigenvalue weighted by molar-refractivity contribution is 5.59.